The summed E-state index contributed by atoms with van der Waals surface area (Å²) < 4.78 is 13.3. The summed E-state index contributed by atoms with van der Waals surface area (Å²) >= 11 is 0. The number of fused-ring (bicyclic) bond motifs is 1. The highest BCUT2D eigenvalue weighted by Gasteiger charge is 2.23. The molecule has 0 radical (unpaired) electrons. The van der Waals surface area contributed by atoms with E-state index >= 15 is 0 Å². The van der Waals surface area contributed by atoms with Gasteiger partial charge in [-0.1, -0.05) is 18.2 Å². The number of para-hydroxylation sites is 1. The fourth-order valence-corrected chi connectivity index (χ4v) is 2.68. The molecule has 0 N–H and O–H groups in total. The summed E-state index contributed by atoms with van der Waals surface area (Å²) in [5.41, 5.74) is 3.22. The van der Waals surface area contributed by atoms with Gasteiger partial charge < -0.3 is 4.90 Å². The molecule has 0 unspecified atom stereocenters. The zero-order valence-corrected chi connectivity index (χ0v) is 11.4. The van der Waals surface area contributed by atoms with Crippen LogP contribution >= 0.6 is 0 Å². The lowest BCUT2D eigenvalue weighted by Gasteiger charge is -2.29. The minimum absolute atomic E-state index is 0.0553. The summed E-state index contributed by atoms with van der Waals surface area (Å²) in [5, 5.41) is 0. The van der Waals surface area contributed by atoms with E-state index in [0.717, 1.165) is 18.5 Å². The van der Waals surface area contributed by atoms with Crippen LogP contribution in [0.25, 0.3) is 0 Å². The maximum absolute atomic E-state index is 13.3. The second kappa shape index (κ2) is 5.08. The average molecular weight is 269 g/mol. The van der Waals surface area contributed by atoms with E-state index in [2.05, 4.69) is 6.07 Å². The Bertz CT molecular complexity index is 666. The molecule has 2 nitrogen and oxygen atoms in total. The number of halogens is 1. The fourth-order valence-electron chi connectivity index (χ4n) is 2.68. The highest BCUT2D eigenvalue weighted by Crippen LogP contribution is 2.28. The molecule has 2 aromatic carbocycles. The van der Waals surface area contributed by atoms with Crippen LogP contribution in [0.5, 0.6) is 0 Å². The highest BCUT2D eigenvalue weighted by atomic mass is 19.1. The minimum atomic E-state index is -0.277. The number of carbonyl (C=O) groups is 1. The lowest BCUT2D eigenvalue weighted by atomic mass is 10.0. The molecule has 1 aliphatic heterocycles. The van der Waals surface area contributed by atoms with Gasteiger partial charge in [0, 0.05) is 17.8 Å². The van der Waals surface area contributed by atoms with Crippen molar-refractivity contribution in [2.75, 3.05) is 11.4 Å². The lowest BCUT2D eigenvalue weighted by Crippen LogP contribution is -2.35. The first-order valence-electron chi connectivity index (χ1n) is 6.83. The molecule has 0 saturated heterocycles. The Balaban J connectivity index is 1.97. The van der Waals surface area contributed by atoms with E-state index < -0.39 is 0 Å². The molecule has 1 amide bonds. The molecular formula is C17H16FNO. The van der Waals surface area contributed by atoms with Gasteiger partial charge in [-0.3, -0.25) is 4.79 Å². The first-order chi connectivity index (χ1) is 9.66. The van der Waals surface area contributed by atoms with Crippen LogP contribution in [0.3, 0.4) is 0 Å². The Morgan fingerprint density at radius 1 is 1.20 bits per heavy atom. The molecule has 0 fully saturated rings. The van der Waals surface area contributed by atoms with E-state index in [1.807, 2.05) is 18.2 Å². The first-order valence-corrected chi connectivity index (χ1v) is 6.83. The lowest BCUT2D eigenvalue weighted by molar-refractivity contribution is 0.0985. The van der Waals surface area contributed by atoms with Gasteiger partial charge >= 0.3 is 0 Å². The zero-order valence-electron chi connectivity index (χ0n) is 11.4. The van der Waals surface area contributed by atoms with Gasteiger partial charge in [0.15, 0.2) is 0 Å². The molecular weight excluding hydrogens is 253 g/mol. The molecule has 0 aliphatic carbocycles. The van der Waals surface area contributed by atoms with Crippen molar-refractivity contribution in [3.8, 4) is 0 Å². The number of nitrogens with zero attached hydrogens (tertiary/aromatic N) is 1. The monoisotopic (exact) mass is 269 g/mol. The van der Waals surface area contributed by atoms with Gasteiger partial charge in [0.05, 0.1) is 0 Å². The molecule has 0 bridgehead atoms. The molecule has 0 atom stereocenters. The number of rotatable bonds is 1. The fraction of sp³-hybridized carbons (Fsp3) is 0.235. The summed E-state index contributed by atoms with van der Waals surface area (Å²) in [5.74, 6) is -0.333. The number of benzene rings is 2. The number of hydrogen-bond donors (Lipinski definition) is 0. The van der Waals surface area contributed by atoms with Crippen LogP contribution in [-0.4, -0.2) is 12.5 Å². The van der Waals surface area contributed by atoms with E-state index in [1.165, 1.54) is 11.6 Å². The first kappa shape index (κ1) is 12.9. The van der Waals surface area contributed by atoms with Crippen LogP contribution in [0.2, 0.25) is 0 Å². The van der Waals surface area contributed by atoms with Crippen molar-refractivity contribution < 1.29 is 9.18 Å². The van der Waals surface area contributed by atoms with Crippen molar-refractivity contribution in [3.05, 3.63) is 65.0 Å². The smallest absolute Gasteiger partial charge is 0.258 e. The van der Waals surface area contributed by atoms with E-state index in [-0.39, 0.29) is 11.7 Å². The van der Waals surface area contributed by atoms with Crippen molar-refractivity contribution in [1.82, 2.24) is 0 Å². The number of amides is 1. The van der Waals surface area contributed by atoms with Gasteiger partial charge in [-0.2, -0.15) is 0 Å². The van der Waals surface area contributed by atoms with E-state index in [4.69, 9.17) is 0 Å². The predicted octanol–water partition coefficient (Wildman–Crippen LogP) is 3.73. The topological polar surface area (TPSA) is 20.3 Å². The summed E-state index contributed by atoms with van der Waals surface area (Å²) in [6.45, 7) is 2.39. The van der Waals surface area contributed by atoms with Crippen LogP contribution in [0.4, 0.5) is 10.1 Å². The summed E-state index contributed by atoms with van der Waals surface area (Å²) in [6, 6.07) is 12.5. The van der Waals surface area contributed by atoms with Gasteiger partial charge in [0.2, 0.25) is 0 Å². The second-order valence-electron chi connectivity index (χ2n) is 5.15. The molecule has 102 valence electrons. The van der Waals surface area contributed by atoms with Crippen molar-refractivity contribution in [1.29, 1.82) is 0 Å². The van der Waals surface area contributed by atoms with Crippen LogP contribution in [-0.2, 0) is 6.42 Å². The van der Waals surface area contributed by atoms with Gasteiger partial charge in [-0.15, -0.1) is 0 Å². The van der Waals surface area contributed by atoms with Crippen LogP contribution in [0.15, 0.2) is 42.5 Å². The van der Waals surface area contributed by atoms with Crippen molar-refractivity contribution in [2.45, 2.75) is 19.8 Å². The molecule has 0 saturated carbocycles. The van der Waals surface area contributed by atoms with Crippen molar-refractivity contribution >= 4 is 11.6 Å². The predicted molar refractivity (Wildman–Crippen MR) is 77.6 cm³/mol. The maximum Gasteiger partial charge on any atom is 0.258 e. The summed E-state index contributed by atoms with van der Waals surface area (Å²) in [7, 11) is 0. The molecule has 1 heterocycles. The number of aryl methyl sites for hydroxylation is 2. The summed E-state index contributed by atoms with van der Waals surface area (Å²) in [4.78, 5) is 14.4. The SMILES string of the molecule is Cc1cc(C(=O)N2CCCc3ccccc32)ccc1F. The average Bonchev–Trinajstić information content (AvgIpc) is 2.49. The quantitative estimate of drug-likeness (QED) is 0.772. The van der Waals surface area contributed by atoms with Gasteiger partial charge in [0.25, 0.3) is 5.91 Å². The van der Waals surface area contributed by atoms with Gasteiger partial charge in [-0.05, 0) is 55.2 Å². The molecule has 0 aromatic heterocycles. The third-order valence-corrected chi connectivity index (χ3v) is 3.76. The third kappa shape index (κ3) is 2.20. The second-order valence-corrected chi connectivity index (χ2v) is 5.15. The van der Waals surface area contributed by atoms with E-state index in [0.29, 0.717) is 17.7 Å². The maximum atomic E-state index is 13.3. The Hall–Kier alpha value is -2.16. The van der Waals surface area contributed by atoms with E-state index in [1.54, 1.807) is 24.0 Å². The molecule has 3 rings (SSSR count). The van der Waals surface area contributed by atoms with E-state index in [9.17, 15) is 9.18 Å². The molecule has 1 aliphatic rings. The number of hydrogen-bond acceptors (Lipinski definition) is 1. The van der Waals surface area contributed by atoms with Crippen molar-refractivity contribution in [2.24, 2.45) is 0 Å². The number of carbonyl (C=O) groups excluding carboxylic acids is 1. The summed E-state index contributed by atoms with van der Waals surface area (Å²) in [6.07, 6.45) is 1.96. The molecule has 2 aromatic rings. The Labute approximate surface area is 117 Å². The highest BCUT2D eigenvalue weighted by molar-refractivity contribution is 6.06. The third-order valence-electron chi connectivity index (χ3n) is 3.76. The largest absolute Gasteiger partial charge is 0.308 e. The minimum Gasteiger partial charge on any atom is -0.308 e. The standard InChI is InChI=1S/C17H16FNO/c1-12-11-14(8-9-15(12)18)17(20)19-10-4-6-13-5-2-3-7-16(13)19/h2-3,5,7-9,11H,4,6,10H2,1H3. The van der Waals surface area contributed by atoms with Gasteiger partial charge in [0.1, 0.15) is 5.82 Å². The Morgan fingerprint density at radius 3 is 2.80 bits per heavy atom. The molecule has 20 heavy (non-hydrogen) atoms. The number of anilines is 1. The zero-order chi connectivity index (χ0) is 14.1. The molecule has 3 heteroatoms. The van der Waals surface area contributed by atoms with Crippen LogP contribution in [0.1, 0.15) is 27.9 Å². The van der Waals surface area contributed by atoms with Gasteiger partial charge in [-0.25, -0.2) is 4.39 Å². The Kier molecular flexibility index (Phi) is 3.26. The van der Waals surface area contributed by atoms with Crippen LogP contribution in [0, 0.1) is 12.7 Å². The molecule has 0 spiro atoms. The van der Waals surface area contributed by atoms with Crippen molar-refractivity contribution in [3.63, 3.8) is 0 Å². The van der Waals surface area contributed by atoms with Crippen LogP contribution < -0.4 is 4.90 Å². The Morgan fingerprint density at radius 2 is 2.00 bits per heavy atom. The normalized spacial score (nSPS) is 14.0.